The first kappa shape index (κ1) is 46.3. The first-order chi connectivity index (χ1) is 32.6. The summed E-state index contributed by atoms with van der Waals surface area (Å²) in [6.07, 6.45) is -0.296. The SMILES string of the molecule is C=CCOC(=O)c1csc([C@H](C)NC(=O)c2csc([C@H](C)NC(=O)[C@@H](NC(=O)OCC3c4ccccc4-c4ccccc43)[C@H](C)OC(c3ccccc3)(c3ccccc3)c3ccccc3)n2)n1. The highest BCUT2D eigenvalue weighted by Crippen LogP contribution is 2.45. The maximum absolute atomic E-state index is 14.7. The Bertz CT molecular complexity index is 2710. The lowest BCUT2D eigenvalue weighted by Crippen LogP contribution is -2.55. The molecule has 3 N–H and O–H groups in total. The van der Waals surface area contributed by atoms with Gasteiger partial charge in [0.1, 0.15) is 40.6 Å². The number of alkyl carbamates (subject to hydrolysis) is 1. The van der Waals surface area contributed by atoms with E-state index in [1.54, 1.807) is 31.5 Å². The Kier molecular flexibility index (Phi) is 14.5. The van der Waals surface area contributed by atoms with Gasteiger partial charge < -0.3 is 30.2 Å². The summed E-state index contributed by atoms with van der Waals surface area (Å²) < 4.78 is 18.3. The third kappa shape index (κ3) is 10.1. The Morgan fingerprint density at radius 2 is 1.12 bits per heavy atom. The van der Waals surface area contributed by atoms with Crippen LogP contribution in [0.15, 0.2) is 163 Å². The summed E-state index contributed by atoms with van der Waals surface area (Å²) in [5, 5.41) is 12.9. The van der Waals surface area contributed by atoms with E-state index in [2.05, 4.69) is 44.6 Å². The number of fused-ring (bicyclic) bond motifs is 3. The van der Waals surface area contributed by atoms with Crippen molar-refractivity contribution in [3.05, 3.63) is 212 Å². The monoisotopic (exact) mass is 931 g/mol. The van der Waals surface area contributed by atoms with Crippen molar-refractivity contribution in [2.24, 2.45) is 0 Å². The molecule has 2 aromatic heterocycles. The van der Waals surface area contributed by atoms with Gasteiger partial charge in [0.2, 0.25) is 5.91 Å². The van der Waals surface area contributed by atoms with Crippen LogP contribution in [-0.4, -0.2) is 59.2 Å². The van der Waals surface area contributed by atoms with Crippen molar-refractivity contribution in [2.45, 2.75) is 56.5 Å². The lowest BCUT2D eigenvalue weighted by molar-refractivity contribution is -0.130. The number of carbonyl (C=O) groups excluding carboxylic acids is 4. The number of thiazole rings is 2. The van der Waals surface area contributed by atoms with Crippen LogP contribution < -0.4 is 16.0 Å². The van der Waals surface area contributed by atoms with Gasteiger partial charge in [0.05, 0.1) is 18.2 Å². The zero-order valence-corrected chi connectivity index (χ0v) is 38.7. The van der Waals surface area contributed by atoms with Gasteiger partial charge in [0.15, 0.2) is 5.69 Å². The molecule has 0 fully saturated rings. The van der Waals surface area contributed by atoms with E-state index >= 15 is 0 Å². The molecule has 8 rings (SSSR count). The van der Waals surface area contributed by atoms with E-state index in [9.17, 15) is 19.2 Å². The van der Waals surface area contributed by atoms with Gasteiger partial charge in [-0.2, -0.15) is 0 Å². The summed E-state index contributed by atoms with van der Waals surface area (Å²) in [5.41, 5.74) is 5.80. The van der Waals surface area contributed by atoms with Gasteiger partial charge >= 0.3 is 12.1 Å². The minimum Gasteiger partial charge on any atom is -0.457 e. The van der Waals surface area contributed by atoms with Crippen molar-refractivity contribution in [3.63, 3.8) is 0 Å². The fraction of sp³-hybridized carbons (Fsp3) is 0.208. The summed E-state index contributed by atoms with van der Waals surface area (Å²) in [7, 11) is 0. The van der Waals surface area contributed by atoms with Gasteiger partial charge in [0.25, 0.3) is 5.91 Å². The Hall–Kier alpha value is -7.26. The molecule has 2 heterocycles. The zero-order valence-electron chi connectivity index (χ0n) is 37.1. The highest BCUT2D eigenvalue weighted by molar-refractivity contribution is 7.10. The van der Waals surface area contributed by atoms with E-state index in [1.807, 2.05) is 127 Å². The van der Waals surface area contributed by atoms with Crippen molar-refractivity contribution < 1.29 is 33.4 Å². The van der Waals surface area contributed by atoms with Crippen LogP contribution in [0.25, 0.3) is 11.1 Å². The van der Waals surface area contributed by atoms with Crippen molar-refractivity contribution >= 4 is 46.6 Å². The van der Waals surface area contributed by atoms with Gasteiger partial charge in [-0.15, -0.1) is 22.7 Å². The highest BCUT2D eigenvalue weighted by atomic mass is 32.1. The average Bonchev–Trinajstić information content (AvgIpc) is 4.14. The first-order valence-electron chi connectivity index (χ1n) is 21.8. The number of esters is 1. The largest absolute Gasteiger partial charge is 0.457 e. The van der Waals surface area contributed by atoms with Crippen LogP contribution >= 0.6 is 22.7 Å². The number of benzene rings is 5. The Morgan fingerprint density at radius 3 is 1.66 bits per heavy atom. The number of amides is 3. The molecule has 1 aliphatic rings. The molecule has 0 unspecified atom stereocenters. The molecular formula is C53H49N5O7S2. The molecule has 3 amide bonds. The third-order valence-electron chi connectivity index (χ3n) is 11.5. The van der Waals surface area contributed by atoms with E-state index in [4.69, 9.17) is 14.2 Å². The van der Waals surface area contributed by atoms with Crippen molar-refractivity contribution in [1.29, 1.82) is 0 Å². The second-order valence-electron chi connectivity index (χ2n) is 16.0. The zero-order chi connectivity index (χ0) is 46.9. The van der Waals surface area contributed by atoms with Gasteiger partial charge in [-0.05, 0) is 59.7 Å². The van der Waals surface area contributed by atoms with Crippen molar-refractivity contribution in [1.82, 2.24) is 25.9 Å². The van der Waals surface area contributed by atoms with Crippen LogP contribution in [0.2, 0.25) is 0 Å². The fourth-order valence-corrected chi connectivity index (χ4v) is 9.91. The molecule has 5 aromatic carbocycles. The summed E-state index contributed by atoms with van der Waals surface area (Å²) in [6.45, 7) is 8.90. The number of hydrogen-bond acceptors (Lipinski definition) is 11. The molecule has 7 aromatic rings. The molecule has 67 heavy (non-hydrogen) atoms. The summed E-state index contributed by atoms with van der Waals surface area (Å²) >= 11 is 2.42. The van der Waals surface area contributed by atoms with Gasteiger partial charge in [-0.25, -0.2) is 19.6 Å². The predicted octanol–water partition coefficient (Wildman–Crippen LogP) is 9.92. The molecular weight excluding hydrogens is 883 g/mol. The maximum atomic E-state index is 14.7. The molecule has 0 saturated carbocycles. The van der Waals surface area contributed by atoms with Crippen molar-refractivity contribution in [2.75, 3.05) is 13.2 Å². The first-order valence-corrected chi connectivity index (χ1v) is 23.6. The quantitative estimate of drug-likeness (QED) is 0.0433. The molecule has 340 valence electrons. The third-order valence-corrected chi connectivity index (χ3v) is 13.6. The molecule has 4 atom stereocenters. The maximum Gasteiger partial charge on any atom is 0.407 e. The van der Waals surface area contributed by atoms with Crippen LogP contribution in [0, 0.1) is 0 Å². The van der Waals surface area contributed by atoms with E-state index in [0.29, 0.717) is 10.0 Å². The Labute approximate surface area is 397 Å². The average molecular weight is 932 g/mol. The summed E-state index contributed by atoms with van der Waals surface area (Å²) in [5.74, 6) is -1.81. The fourth-order valence-electron chi connectivity index (χ4n) is 8.31. The molecule has 0 radical (unpaired) electrons. The smallest absolute Gasteiger partial charge is 0.407 e. The number of hydrogen-bond donors (Lipinski definition) is 3. The minimum absolute atomic E-state index is 0.0381. The summed E-state index contributed by atoms with van der Waals surface area (Å²) in [6, 6.07) is 42.9. The van der Waals surface area contributed by atoms with E-state index < -0.39 is 53.7 Å². The topological polar surface area (TPSA) is 158 Å². The van der Waals surface area contributed by atoms with E-state index in [-0.39, 0.29) is 30.5 Å². The standard InChI is InChI=1S/C53H49N5O7S2/c1-5-29-63-51(61)45-32-67-50(57-45)33(2)54-47(59)44-31-66-49(56-44)34(3)55-48(60)46(58-52(62)64-30-43-41-27-17-15-25-39(41)40-26-16-18-28-42(40)43)35(4)65-53(36-19-9-6-10-20-36,37-21-11-7-12-22-37)38-23-13-8-14-24-38/h5-28,31-35,43,46H,1,29-30H2,2-4H3,(H,54,59)(H,55,60)(H,58,62)/t33-,34-,35-,46-/m0/s1. The Morgan fingerprint density at radius 1 is 0.642 bits per heavy atom. The summed E-state index contributed by atoms with van der Waals surface area (Å²) in [4.78, 5) is 63.4. The number of ether oxygens (including phenoxy) is 3. The molecule has 0 saturated heterocycles. The van der Waals surface area contributed by atoms with Crippen LogP contribution in [0.5, 0.6) is 0 Å². The molecule has 0 aliphatic heterocycles. The molecule has 1 aliphatic carbocycles. The second-order valence-corrected chi connectivity index (χ2v) is 17.8. The minimum atomic E-state index is -1.28. The van der Waals surface area contributed by atoms with Gasteiger partial charge in [0, 0.05) is 16.7 Å². The number of carbonyl (C=O) groups is 4. The number of nitrogens with zero attached hydrogens (tertiary/aromatic N) is 2. The van der Waals surface area contributed by atoms with Crippen LogP contribution in [0.4, 0.5) is 4.79 Å². The van der Waals surface area contributed by atoms with E-state index in [0.717, 1.165) is 38.9 Å². The van der Waals surface area contributed by atoms with Gasteiger partial charge in [-0.3, -0.25) is 9.59 Å². The van der Waals surface area contributed by atoms with Crippen LogP contribution in [0.3, 0.4) is 0 Å². The molecule has 0 bridgehead atoms. The molecule has 12 nitrogen and oxygen atoms in total. The number of rotatable bonds is 18. The number of aromatic nitrogens is 2. The number of nitrogens with one attached hydrogen (secondary N) is 3. The van der Waals surface area contributed by atoms with Crippen LogP contribution in [-0.2, 0) is 24.6 Å². The van der Waals surface area contributed by atoms with Gasteiger partial charge in [-0.1, -0.05) is 152 Å². The van der Waals surface area contributed by atoms with E-state index in [1.165, 1.54) is 28.7 Å². The lowest BCUT2D eigenvalue weighted by atomic mass is 9.79. The lowest BCUT2D eigenvalue weighted by Gasteiger charge is -2.40. The highest BCUT2D eigenvalue weighted by Gasteiger charge is 2.43. The van der Waals surface area contributed by atoms with Crippen molar-refractivity contribution in [3.8, 4) is 11.1 Å². The van der Waals surface area contributed by atoms with Crippen LogP contribution in [0.1, 0.15) is 97.6 Å². The Balaban J connectivity index is 1.04. The second kappa shape index (κ2) is 20.9. The normalized spacial score (nSPS) is 13.8. The predicted molar refractivity (Wildman–Crippen MR) is 259 cm³/mol. The molecule has 14 heteroatoms. The molecule has 0 spiro atoms.